The molecule has 0 aromatic carbocycles. The predicted octanol–water partition coefficient (Wildman–Crippen LogP) is 2.67. The van der Waals surface area contributed by atoms with Gasteiger partial charge in [-0.3, -0.25) is 19.3 Å². The number of fused-ring (bicyclic) bond motifs is 1. The maximum Gasteiger partial charge on any atom is 0.287 e. The molecule has 1 fully saturated rings. The molecule has 0 N–H and O–H groups in total. The first-order valence-corrected chi connectivity index (χ1v) is 9.52. The topological polar surface area (TPSA) is 96.9 Å². The summed E-state index contributed by atoms with van der Waals surface area (Å²) in [6, 6.07) is 6.85. The lowest BCUT2D eigenvalue weighted by Crippen LogP contribution is -2.49. The highest BCUT2D eigenvalue weighted by Crippen LogP contribution is 2.21. The van der Waals surface area contributed by atoms with Crippen LogP contribution in [0, 0.1) is 17.0 Å². The van der Waals surface area contributed by atoms with E-state index in [1.807, 2.05) is 34.6 Å². The van der Waals surface area contributed by atoms with Crippen LogP contribution in [-0.2, 0) is 0 Å². The number of carbonyl (C=O) groups is 1. The summed E-state index contributed by atoms with van der Waals surface area (Å²) in [5.74, 6) is 0.618. The van der Waals surface area contributed by atoms with Crippen molar-refractivity contribution >= 4 is 39.0 Å². The van der Waals surface area contributed by atoms with Crippen molar-refractivity contribution in [3.05, 3.63) is 62.6 Å². The minimum atomic E-state index is -0.468. The van der Waals surface area contributed by atoms with E-state index in [4.69, 9.17) is 0 Å². The van der Waals surface area contributed by atoms with Crippen LogP contribution in [0.2, 0.25) is 0 Å². The molecule has 1 aliphatic rings. The van der Waals surface area contributed by atoms with Gasteiger partial charge in [0.25, 0.3) is 11.6 Å². The zero-order valence-corrected chi connectivity index (χ0v) is 16.7. The summed E-state index contributed by atoms with van der Waals surface area (Å²) >= 11 is 3.44. The first-order valence-electron chi connectivity index (χ1n) is 8.73. The number of imidazole rings is 1. The molecule has 144 valence electrons. The number of halogens is 1. The summed E-state index contributed by atoms with van der Waals surface area (Å²) in [6.45, 7) is 4.13. The number of pyridine rings is 2. The molecule has 1 saturated heterocycles. The molecule has 0 aliphatic carbocycles. The third-order valence-corrected chi connectivity index (χ3v) is 5.26. The Labute approximate surface area is 168 Å². The second kappa shape index (κ2) is 7.19. The van der Waals surface area contributed by atoms with Crippen molar-refractivity contribution in [1.29, 1.82) is 0 Å². The lowest BCUT2D eigenvalue weighted by atomic mass is 10.2. The predicted molar refractivity (Wildman–Crippen MR) is 107 cm³/mol. The number of aromatic nitrogens is 3. The molecular weight excluding hydrogens is 428 g/mol. The third kappa shape index (κ3) is 3.31. The lowest BCUT2D eigenvalue weighted by Gasteiger charge is -2.35. The molecule has 4 heterocycles. The SMILES string of the molecule is Cc1nc2ccc(Br)cn2c1C(=O)N1CCN(c2ccc([N+](=O)[O-])cn2)CC1. The largest absolute Gasteiger partial charge is 0.353 e. The molecule has 0 bridgehead atoms. The van der Waals surface area contributed by atoms with Crippen molar-refractivity contribution in [2.24, 2.45) is 0 Å². The Bertz CT molecular complexity index is 1060. The number of nitrogens with zero attached hydrogens (tertiary/aromatic N) is 6. The van der Waals surface area contributed by atoms with Crippen LogP contribution in [0.3, 0.4) is 0 Å². The highest BCUT2D eigenvalue weighted by molar-refractivity contribution is 9.10. The zero-order chi connectivity index (χ0) is 19.8. The van der Waals surface area contributed by atoms with E-state index in [0.717, 1.165) is 10.1 Å². The Hall–Kier alpha value is -3.01. The van der Waals surface area contributed by atoms with Crippen LogP contribution in [0.5, 0.6) is 0 Å². The molecule has 0 saturated carbocycles. The van der Waals surface area contributed by atoms with Crippen molar-refractivity contribution in [3.63, 3.8) is 0 Å². The van der Waals surface area contributed by atoms with Gasteiger partial charge in [-0.15, -0.1) is 0 Å². The van der Waals surface area contributed by atoms with Crippen LogP contribution in [0.1, 0.15) is 16.2 Å². The van der Waals surface area contributed by atoms with Gasteiger partial charge in [0, 0.05) is 42.9 Å². The molecule has 9 nitrogen and oxygen atoms in total. The molecule has 0 spiro atoms. The molecule has 28 heavy (non-hydrogen) atoms. The van der Waals surface area contributed by atoms with Gasteiger partial charge in [0.15, 0.2) is 0 Å². The first kappa shape index (κ1) is 18.4. The Morgan fingerprint density at radius 1 is 1.18 bits per heavy atom. The fourth-order valence-electron chi connectivity index (χ4n) is 3.36. The minimum absolute atomic E-state index is 0.0354. The normalized spacial score (nSPS) is 14.5. The van der Waals surface area contributed by atoms with Gasteiger partial charge in [0.1, 0.15) is 23.4 Å². The fourth-order valence-corrected chi connectivity index (χ4v) is 3.69. The molecule has 1 amide bonds. The second-order valence-electron chi connectivity index (χ2n) is 6.53. The van der Waals surface area contributed by atoms with E-state index in [2.05, 4.69) is 25.9 Å². The van der Waals surface area contributed by atoms with Gasteiger partial charge in [-0.2, -0.15) is 0 Å². The van der Waals surface area contributed by atoms with E-state index in [1.165, 1.54) is 12.3 Å². The third-order valence-electron chi connectivity index (χ3n) is 4.79. The molecule has 1 aliphatic heterocycles. The van der Waals surface area contributed by atoms with Gasteiger partial charge in [-0.25, -0.2) is 9.97 Å². The molecule has 4 rings (SSSR count). The molecule has 0 unspecified atom stereocenters. The Morgan fingerprint density at radius 2 is 1.93 bits per heavy atom. The minimum Gasteiger partial charge on any atom is -0.353 e. The van der Waals surface area contributed by atoms with E-state index in [-0.39, 0.29) is 11.6 Å². The fraction of sp³-hybridized carbons (Fsp3) is 0.278. The van der Waals surface area contributed by atoms with E-state index in [0.29, 0.717) is 43.4 Å². The van der Waals surface area contributed by atoms with Gasteiger partial charge in [-0.1, -0.05) is 0 Å². The summed E-state index contributed by atoms with van der Waals surface area (Å²) in [4.78, 5) is 35.9. The Kier molecular flexibility index (Phi) is 4.71. The maximum atomic E-state index is 13.1. The highest BCUT2D eigenvalue weighted by Gasteiger charge is 2.27. The van der Waals surface area contributed by atoms with Crippen LogP contribution in [0.25, 0.3) is 5.65 Å². The monoisotopic (exact) mass is 444 g/mol. The summed E-state index contributed by atoms with van der Waals surface area (Å²) in [7, 11) is 0. The van der Waals surface area contributed by atoms with E-state index in [1.54, 1.807) is 11.0 Å². The Balaban J connectivity index is 1.49. The molecule has 10 heteroatoms. The highest BCUT2D eigenvalue weighted by atomic mass is 79.9. The second-order valence-corrected chi connectivity index (χ2v) is 7.45. The van der Waals surface area contributed by atoms with Crippen LogP contribution >= 0.6 is 15.9 Å². The quantitative estimate of drug-likeness (QED) is 0.454. The molecule has 0 radical (unpaired) electrons. The van der Waals surface area contributed by atoms with E-state index >= 15 is 0 Å². The van der Waals surface area contributed by atoms with Crippen LogP contribution in [0.4, 0.5) is 11.5 Å². The molecule has 0 atom stereocenters. The van der Waals surface area contributed by atoms with Crippen molar-refractivity contribution in [2.75, 3.05) is 31.1 Å². The van der Waals surface area contributed by atoms with Gasteiger partial charge >= 0.3 is 0 Å². The van der Waals surface area contributed by atoms with Crippen molar-refractivity contribution < 1.29 is 9.72 Å². The van der Waals surface area contributed by atoms with Crippen molar-refractivity contribution in [3.8, 4) is 0 Å². The van der Waals surface area contributed by atoms with Crippen LogP contribution in [-0.4, -0.2) is 56.3 Å². The van der Waals surface area contributed by atoms with Crippen molar-refractivity contribution in [1.82, 2.24) is 19.3 Å². The van der Waals surface area contributed by atoms with Gasteiger partial charge < -0.3 is 9.80 Å². The van der Waals surface area contributed by atoms with Gasteiger partial charge in [0.2, 0.25) is 0 Å². The summed E-state index contributed by atoms with van der Waals surface area (Å²) in [5, 5.41) is 10.8. The standard InChI is InChI=1S/C18H17BrN6O3/c1-12-17(24-11-13(19)2-4-16(24)21-12)18(26)23-8-6-22(7-9-23)15-5-3-14(10-20-15)25(27)28/h2-5,10-11H,6-9H2,1H3. The lowest BCUT2D eigenvalue weighted by molar-refractivity contribution is -0.385. The number of anilines is 1. The Morgan fingerprint density at radius 3 is 2.57 bits per heavy atom. The average Bonchev–Trinajstić information content (AvgIpc) is 3.02. The van der Waals surface area contributed by atoms with Crippen LogP contribution in [0.15, 0.2) is 41.1 Å². The molecule has 3 aromatic rings. The molecular formula is C18H17BrN6O3. The number of hydrogen-bond acceptors (Lipinski definition) is 6. The zero-order valence-electron chi connectivity index (χ0n) is 15.1. The summed E-state index contributed by atoms with van der Waals surface area (Å²) < 4.78 is 2.69. The maximum absolute atomic E-state index is 13.1. The first-order chi connectivity index (χ1) is 13.4. The summed E-state index contributed by atoms with van der Waals surface area (Å²) in [5.41, 5.74) is 1.96. The van der Waals surface area contributed by atoms with Gasteiger partial charge in [0.05, 0.1) is 10.6 Å². The van der Waals surface area contributed by atoms with Crippen LogP contribution < -0.4 is 4.90 Å². The number of carbonyl (C=O) groups excluding carboxylic acids is 1. The number of hydrogen-bond donors (Lipinski definition) is 0. The van der Waals surface area contributed by atoms with E-state index < -0.39 is 4.92 Å². The molecule has 3 aromatic heterocycles. The van der Waals surface area contributed by atoms with Crippen molar-refractivity contribution in [2.45, 2.75) is 6.92 Å². The van der Waals surface area contributed by atoms with E-state index in [9.17, 15) is 14.9 Å². The average molecular weight is 445 g/mol. The number of amides is 1. The van der Waals surface area contributed by atoms with Gasteiger partial charge in [-0.05, 0) is 41.1 Å². The number of piperazine rings is 1. The smallest absolute Gasteiger partial charge is 0.287 e. The number of aryl methyl sites for hydroxylation is 1. The number of rotatable bonds is 3. The number of nitro groups is 1. The summed E-state index contributed by atoms with van der Waals surface area (Å²) in [6.07, 6.45) is 3.10.